The summed E-state index contributed by atoms with van der Waals surface area (Å²) in [5.41, 5.74) is 0.213. The molecule has 1 aliphatic heterocycles. The van der Waals surface area contributed by atoms with E-state index in [-0.39, 0.29) is 0 Å². The van der Waals surface area contributed by atoms with Gasteiger partial charge in [0.2, 0.25) is 0 Å². The summed E-state index contributed by atoms with van der Waals surface area (Å²) in [6.45, 7) is 2.18. The van der Waals surface area contributed by atoms with Crippen LogP contribution in [0.1, 0.15) is 25.3 Å². The molecule has 0 spiro atoms. The van der Waals surface area contributed by atoms with Crippen LogP contribution in [-0.2, 0) is 5.60 Å². The minimum atomic E-state index is -1.01. The van der Waals surface area contributed by atoms with Crippen LogP contribution in [0, 0.1) is 0 Å². The first-order valence-corrected chi connectivity index (χ1v) is 5.93. The Hall–Kier alpha value is -1.75. The van der Waals surface area contributed by atoms with Crippen molar-refractivity contribution >= 4 is 11.8 Å². The highest BCUT2D eigenvalue weighted by molar-refractivity contribution is 5.88. The molecule has 0 saturated heterocycles. The molecule has 0 saturated carbocycles. The van der Waals surface area contributed by atoms with E-state index in [1.165, 1.54) is 12.0 Å². The Morgan fingerprint density at radius 2 is 2.28 bits per heavy atom. The molecule has 2 rings (SSSR count). The molecule has 98 valence electrons. The van der Waals surface area contributed by atoms with Gasteiger partial charge in [0.15, 0.2) is 0 Å². The molecule has 1 aromatic carbocycles. The molecule has 0 bridgehead atoms. The van der Waals surface area contributed by atoms with Gasteiger partial charge in [-0.1, -0.05) is 13.0 Å². The molecule has 1 aromatic rings. The first-order valence-electron chi connectivity index (χ1n) is 5.93. The van der Waals surface area contributed by atoms with Gasteiger partial charge in [0.1, 0.15) is 5.75 Å². The van der Waals surface area contributed by atoms with Crippen LogP contribution >= 0.6 is 0 Å². The summed E-state index contributed by atoms with van der Waals surface area (Å²) < 4.78 is 5.11. The molecular formula is C13H17NO4. The summed E-state index contributed by atoms with van der Waals surface area (Å²) in [6.07, 6.45) is -0.0443. The van der Waals surface area contributed by atoms with E-state index < -0.39 is 11.7 Å². The predicted octanol–water partition coefficient (Wildman–Crippen LogP) is 2.18. The van der Waals surface area contributed by atoms with Gasteiger partial charge in [-0.2, -0.15) is 0 Å². The fourth-order valence-corrected chi connectivity index (χ4v) is 2.37. The van der Waals surface area contributed by atoms with Crippen LogP contribution in [-0.4, -0.2) is 30.0 Å². The highest BCUT2D eigenvalue weighted by Crippen LogP contribution is 2.41. The second kappa shape index (κ2) is 4.49. The number of anilines is 1. The van der Waals surface area contributed by atoms with E-state index in [0.29, 0.717) is 36.4 Å². The summed E-state index contributed by atoms with van der Waals surface area (Å²) in [7, 11) is 1.53. The zero-order chi connectivity index (χ0) is 13.3. The Bertz CT molecular complexity index is 474. The molecule has 1 atom stereocenters. The number of nitrogens with zero attached hydrogens (tertiary/aromatic N) is 1. The van der Waals surface area contributed by atoms with E-state index in [0.717, 1.165) is 0 Å². The van der Waals surface area contributed by atoms with Crippen molar-refractivity contribution in [2.45, 2.75) is 25.4 Å². The molecule has 1 aliphatic rings. The van der Waals surface area contributed by atoms with Gasteiger partial charge in [0.05, 0.1) is 18.4 Å². The maximum Gasteiger partial charge on any atom is 0.411 e. The maximum atomic E-state index is 11.2. The minimum absolute atomic E-state index is 0.292. The van der Waals surface area contributed by atoms with E-state index in [1.807, 2.05) is 6.92 Å². The van der Waals surface area contributed by atoms with Gasteiger partial charge in [-0.25, -0.2) is 4.79 Å². The van der Waals surface area contributed by atoms with E-state index in [2.05, 4.69) is 0 Å². The topological polar surface area (TPSA) is 70.0 Å². The fourth-order valence-electron chi connectivity index (χ4n) is 2.37. The Balaban J connectivity index is 2.56. The molecule has 5 nitrogen and oxygen atoms in total. The molecular weight excluding hydrogens is 234 g/mol. The van der Waals surface area contributed by atoms with Crippen molar-refractivity contribution < 1.29 is 19.7 Å². The zero-order valence-electron chi connectivity index (χ0n) is 10.5. The summed E-state index contributed by atoms with van der Waals surface area (Å²) >= 11 is 0. The molecule has 0 fully saturated rings. The SMILES string of the molecule is CCC1(O)CCN(C(=O)O)c2cc(OC)ccc21. The minimum Gasteiger partial charge on any atom is -0.497 e. The largest absolute Gasteiger partial charge is 0.497 e. The van der Waals surface area contributed by atoms with Crippen molar-refractivity contribution in [2.75, 3.05) is 18.6 Å². The van der Waals surface area contributed by atoms with Crippen LogP contribution in [0.4, 0.5) is 10.5 Å². The first kappa shape index (κ1) is 12.7. The molecule has 2 N–H and O–H groups in total. The number of carbonyl (C=O) groups is 1. The molecule has 5 heteroatoms. The van der Waals surface area contributed by atoms with Gasteiger partial charge in [-0.3, -0.25) is 4.90 Å². The van der Waals surface area contributed by atoms with Crippen molar-refractivity contribution in [1.29, 1.82) is 0 Å². The van der Waals surface area contributed by atoms with Gasteiger partial charge in [-0.05, 0) is 18.9 Å². The zero-order valence-corrected chi connectivity index (χ0v) is 10.5. The number of rotatable bonds is 2. The third-order valence-corrected chi connectivity index (χ3v) is 3.56. The molecule has 1 amide bonds. The van der Waals surface area contributed by atoms with Crippen molar-refractivity contribution in [2.24, 2.45) is 0 Å². The summed E-state index contributed by atoms with van der Waals surface area (Å²) in [4.78, 5) is 12.5. The highest BCUT2D eigenvalue weighted by atomic mass is 16.5. The summed E-state index contributed by atoms with van der Waals surface area (Å²) in [5.74, 6) is 0.584. The van der Waals surface area contributed by atoms with Crippen LogP contribution in [0.3, 0.4) is 0 Å². The number of fused-ring (bicyclic) bond motifs is 1. The number of ether oxygens (including phenoxy) is 1. The van der Waals surface area contributed by atoms with Crippen molar-refractivity contribution in [3.8, 4) is 5.75 Å². The van der Waals surface area contributed by atoms with Gasteiger partial charge < -0.3 is 14.9 Å². The molecule has 0 aliphatic carbocycles. The lowest BCUT2D eigenvalue weighted by atomic mass is 9.83. The van der Waals surface area contributed by atoms with Crippen molar-refractivity contribution in [3.63, 3.8) is 0 Å². The van der Waals surface area contributed by atoms with E-state index in [1.54, 1.807) is 18.2 Å². The molecule has 1 unspecified atom stereocenters. The van der Waals surface area contributed by atoms with E-state index in [9.17, 15) is 15.0 Å². The number of methoxy groups -OCH3 is 1. The Morgan fingerprint density at radius 3 is 2.83 bits per heavy atom. The average molecular weight is 251 g/mol. The normalized spacial score (nSPS) is 22.5. The quantitative estimate of drug-likeness (QED) is 0.845. The Kier molecular flexibility index (Phi) is 3.17. The second-order valence-corrected chi connectivity index (χ2v) is 4.45. The number of hydrogen-bond donors (Lipinski definition) is 2. The third-order valence-electron chi connectivity index (χ3n) is 3.56. The Morgan fingerprint density at radius 1 is 1.56 bits per heavy atom. The summed E-state index contributed by atoms with van der Waals surface area (Å²) in [5, 5.41) is 19.7. The predicted molar refractivity (Wildman–Crippen MR) is 67.2 cm³/mol. The van der Waals surface area contributed by atoms with Gasteiger partial charge in [-0.15, -0.1) is 0 Å². The van der Waals surface area contributed by atoms with Crippen LogP contribution in [0.2, 0.25) is 0 Å². The number of amides is 1. The van der Waals surface area contributed by atoms with E-state index >= 15 is 0 Å². The van der Waals surface area contributed by atoms with E-state index in [4.69, 9.17) is 4.74 Å². The first-order chi connectivity index (χ1) is 8.51. The van der Waals surface area contributed by atoms with Crippen LogP contribution in [0.15, 0.2) is 18.2 Å². The molecule has 0 radical (unpaired) electrons. The van der Waals surface area contributed by atoms with Crippen molar-refractivity contribution in [3.05, 3.63) is 23.8 Å². The van der Waals surface area contributed by atoms with Crippen LogP contribution < -0.4 is 9.64 Å². The lowest BCUT2D eigenvalue weighted by molar-refractivity contribution is 0.0216. The molecule has 1 heterocycles. The number of benzene rings is 1. The lowest BCUT2D eigenvalue weighted by Gasteiger charge is -2.38. The lowest BCUT2D eigenvalue weighted by Crippen LogP contribution is -2.42. The monoisotopic (exact) mass is 251 g/mol. The fraction of sp³-hybridized carbons (Fsp3) is 0.462. The van der Waals surface area contributed by atoms with Gasteiger partial charge in [0.25, 0.3) is 0 Å². The molecule has 18 heavy (non-hydrogen) atoms. The number of aliphatic hydroxyl groups is 1. The average Bonchev–Trinajstić information content (AvgIpc) is 2.38. The van der Waals surface area contributed by atoms with Gasteiger partial charge >= 0.3 is 6.09 Å². The summed E-state index contributed by atoms with van der Waals surface area (Å²) in [6, 6.07) is 5.14. The van der Waals surface area contributed by atoms with Crippen LogP contribution in [0.5, 0.6) is 5.75 Å². The second-order valence-electron chi connectivity index (χ2n) is 4.45. The van der Waals surface area contributed by atoms with Gasteiger partial charge in [0, 0.05) is 18.2 Å². The number of carboxylic acid groups (broad SMARTS) is 1. The smallest absolute Gasteiger partial charge is 0.411 e. The van der Waals surface area contributed by atoms with Crippen LogP contribution in [0.25, 0.3) is 0 Å². The highest BCUT2D eigenvalue weighted by Gasteiger charge is 2.37. The number of hydrogen-bond acceptors (Lipinski definition) is 3. The molecule has 0 aromatic heterocycles. The maximum absolute atomic E-state index is 11.2. The third kappa shape index (κ3) is 1.90. The Labute approximate surface area is 106 Å². The van der Waals surface area contributed by atoms with Crippen molar-refractivity contribution in [1.82, 2.24) is 0 Å². The standard InChI is InChI=1S/C13H17NO4/c1-3-13(17)6-7-14(12(15)16)11-8-9(18-2)4-5-10(11)13/h4-5,8,17H,3,6-7H2,1-2H3,(H,15,16).